The van der Waals surface area contributed by atoms with Crippen molar-refractivity contribution in [2.75, 3.05) is 26.3 Å². The molecule has 0 saturated carbocycles. The molecule has 1 aromatic rings. The number of likely N-dealkylation sites (tertiary alicyclic amines) is 1. The third-order valence-electron chi connectivity index (χ3n) is 3.40. The number of Topliss-reactive ketones (excluding diaryl/α,β-unsaturated/α-hetero) is 1. The van der Waals surface area contributed by atoms with Gasteiger partial charge >= 0.3 is 0 Å². The molecule has 1 amide bonds. The van der Waals surface area contributed by atoms with E-state index in [0.29, 0.717) is 57.1 Å². The van der Waals surface area contributed by atoms with Gasteiger partial charge in [0, 0.05) is 25.9 Å². The summed E-state index contributed by atoms with van der Waals surface area (Å²) in [4.78, 5) is 24.9. The van der Waals surface area contributed by atoms with Crippen LogP contribution < -0.4 is 9.47 Å². The Morgan fingerprint density at radius 2 is 1.76 bits per heavy atom. The van der Waals surface area contributed by atoms with E-state index in [-0.39, 0.29) is 11.7 Å². The van der Waals surface area contributed by atoms with Crippen molar-refractivity contribution in [1.82, 2.24) is 4.90 Å². The Bertz CT molecular complexity index is 491. The van der Waals surface area contributed by atoms with Gasteiger partial charge in [0.05, 0.1) is 19.6 Å². The molecule has 0 atom stereocenters. The molecule has 5 heteroatoms. The van der Waals surface area contributed by atoms with E-state index in [9.17, 15) is 9.59 Å². The van der Waals surface area contributed by atoms with Crippen LogP contribution in [-0.2, 0) is 9.59 Å². The van der Waals surface area contributed by atoms with Crippen molar-refractivity contribution in [3.05, 3.63) is 24.3 Å². The van der Waals surface area contributed by atoms with E-state index in [2.05, 4.69) is 0 Å². The van der Waals surface area contributed by atoms with E-state index in [1.165, 1.54) is 0 Å². The summed E-state index contributed by atoms with van der Waals surface area (Å²) in [6, 6.07) is 7.43. The number of piperidine rings is 1. The van der Waals surface area contributed by atoms with Crippen LogP contribution >= 0.6 is 0 Å². The molecule has 0 aliphatic carbocycles. The van der Waals surface area contributed by atoms with E-state index in [1.807, 2.05) is 31.2 Å². The minimum absolute atomic E-state index is 0.0383. The second kappa shape index (κ2) is 7.67. The van der Waals surface area contributed by atoms with Gasteiger partial charge in [-0.05, 0) is 19.1 Å². The molecule has 1 saturated heterocycles. The number of ketones is 1. The fraction of sp³-hybridized carbons (Fsp3) is 0.500. The molecule has 1 aliphatic rings. The summed E-state index contributed by atoms with van der Waals surface area (Å²) in [6.45, 7) is 3.87. The maximum absolute atomic E-state index is 12.0. The van der Waals surface area contributed by atoms with Gasteiger partial charge in [-0.15, -0.1) is 0 Å². The van der Waals surface area contributed by atoms with Crippen LogP contribution in [0.15, 0.2) is 24.3 Å². The van der Waals surface area contributed by atoms with Crippen molar-refractivity contribution in [1.29, 1.82) is 0 Å². The largest absolute Gasteiger partial charge is 0.490 e. The Morgan fingerprint density at radius 3 is 2.38 bits per heavy atom. The van der Waals surface area contributed by atoms with E-state index in [0.717, 1.165) is 0 Å². The minimum atomic E-state index is 0.0383. The molecule has 1 heterocycles. The quantitative estimate of drug-likeness (QED) is 0.805. The molecular formula is C16H21NO4. The number of amides is 1. The lowest BCUT2D eigenvalue weighted by Gasteiger charge is -2.26. The second-order valence-electron chi connectivity index (χ2n) is 4.90. The molecule has 21 heavy (non-hydrogen) atoms. The number of nitrogens with zero attached hydrogens (tertiary/aromatic N) is 1. The number of benzene rings is 1. The summed E-state index contributed by atoms with van der Waals surface area (Å²) in [7, 11) is 0. The lowest BCUT2D eigenvalue weighted by molar-refractivity contribution is -0.134. The predicted molar refractivity (Wildman–Crippen MR) is 78.5 cm³/mol. The number of carbonyl (C=O) groups is 2. The molecule has 0 N–H and O–H groups in total. The first kappa shape index (κ1) is 15.4. The molecule has 0 radical (unpaired) electrons. The maximum atomic E-state index is 12.0. The van der Waals surface area contributed by atoms with Gasteiger partial charge in [0.15, 0.2) is 11.5 Å². The highest BCUT2D eigenvalue weighted by Gasteiger charge is 2.20. The molecule has 1 aromatic carbocycles. The van der Waals surface area contributed by atoms with Crippen LogP contribution in [-0.4, -0.2) is 42.9 Å². The fourth-order valence-corrected chi connectivity index (χ4v) is 2.26. The van der Waals surface area contributed by atoms with Gasteiger partial charge in [0.2, 0.25) is 5.91 Å². The minimum Gasteiger partial charge on any atom is -0.490 e. The summed E-state index contributed by atoms with van der Waals surface area (Å²) >= 11 is 0. The average molecular weight is 291 g/mol. The molecule has 0 aromatic heterocycles. The van der Waals surface area contributed by atoms with Crippen LogP contribution in [0.25, 0.3) is 0 Å². The Labute approximate surface area is 124 Å². The zero-order valence-electron chi connectivity index (χ0n) is 12.3. The number of para-hydroxylation sites is 2. The first-order valence-electron chi connectivity index (χ1n) is 7.35. The second-order valence-corrected chi connectivity index (χ2v) is 4.90. The predicted octanol–water partition coefficient (Wildman–Crippen LogP) is 2.05. The topological polar surface area (TPSA) is 55.8 Å². The maximum Gasteiger partial charge on any atom is 0.226 e. The van der Waals surface area contributed by atoms with Crippen LogP contribution in [0, 0.1) is 0 Å². The molecule has 0 unspecified atom stereocenters. The van der Waals surface area contributed by atoms with Crippen molar-refractivity contribution < 1.29 is 19.1 Å². The highest BCUT2D eigenvalue weighted by Crippen LogP contribution is 2.26. The van der Waals surface area contributed by atoms with Gasteiger partial charge < -0.3 is 14.4 Å². The van der Waals surface area contributed by atoms with Gasteiger partial charge in [-0.25, -0.2) is 0 Å². The number of hydrogen-bond acceptors (Lipinski definition) is 4. The number of carbonyl (C=O) groups excluding carboxylic acids is 2. The standard InChI is InChI=1S/C16H21NO4/c1-2-20-14-5-3-4-6-15(14)21-12-9-16(19)17-10-7-13(18)8-11-17/h3-6H,2,7-12H2,1H3. The molecule has 1 aliphatic heterocycles. The summed E-state index contributed by atoms with van der Waals surface area (Å²) in [5, 5.41) is 0. The number of rotatable bonds is 6. The SMILES string of the molecule is CCOc1ccccc1OCCC(=O)N1CCC(=O)CC1. The third kappa shape index (κ3) is 4.48. The van der Waals surface area contributed by atoms with Crippen LogP contribution in [0.1, 0.15) is 26.2 Å². The van der Waals surface area contributed by atoms with Crippen molar-refractivity contribution in [2.24, 2.45) is 0 Å². The average Bonchev–Trinajstić information content (AvgIpc) is 2.50. The summed E-state index contributed by atoms with van der Waals surface area (Å²) in [5.41, 5.74) is 0. The Hall–Kier alpha value is -2.04. The first-order valence-corrected chi connectivity index (χ1v) is 7.35. The van der Waals surface area contributed by atoms with Crippen LogP contribution in [0.3, 0.4) is 0 Å². The van der Waals surface area contributed by atoms with Crippen molar-refractivity contribution in [2.45, 2.75) is 26.2 Å². The summed E-state index contributed by atoms with van der Waals surface area (Å²) in [5.74, 6) is 1.62. The Morgan fingerprint density at radius 1 is 1.14 bits per heavy atom. The molecule has 0 spiro atoms. The monoisotopic (exact) mass is 291 g/mol. The van der Waals surface area contributed by atoms with E-state index < -0.39 is 0 Å². The van der Waals surface area contributed by atoms with E-state index in [4.69, 9.17) is 9.47 Å². The lowest BCUT2D eigenvalue weighted by atomic mass is 10.1. The van der Waals surface area contributed by atoms with E-state index >= 15 is 0 Å². The fourth-order valence-electron chi connectivity index (χ4n) is 2.26. The molecule has 0 bridgehead atoms. The normalized spacial score (nSPS) is 14.9. The lowest BCUT2D eigenvalue weighted by Crippen LogP contribution is -2.39. The third-order valence-corrected chi connectivity index (χ3v) is 3.40. The number of hydrogen-bond donors (Lipinski definition) is 0. The molecule has 5 nitrogen and oxygen atoms in total. The Kier molecular flexibility index (Phi) is 5.60. The smallest absolute Gasteiger partial charge is 0.226 e. The molecule has 1 fully saturated rings. The highest BCUT2D eigenvalue weighted by atomic mass is 16.5. The van der Waals surface area contributed by atoms with E-state index in [1.54, 1.807) is 4.90 Å². The molecule has 2 rings (SSSR count). The van der Waals surface area contributed by atoms with Gasteiger partial charge in [-0.1, -0.05) is 12.1 Å². The van der Waals surface area contributed by atoms with Crippen molar-refractivity contribution in [3.63, 3.8) is 0 Å². The van der Waals surface area contributed by atoms with Crippen LogP contribution in [0.2, 0.25) is 0 Å². The van der Waals surface area contributed by atoms with Crippen LogP contribution in [0.4, 0.5) is 0 Å². The first-order chi connectivity index (χ1) is 10.2. The zero-order valence-corrected chi connectivity index (χ0v) is 12.3. The zero-order chi connectivity index (χ0) is 15.1. The van der Waals surface area contributed by atoms with Gasteiger partial charge in [0.1, 0.15) is 5.78 Å². The van der Waals surface area contributed by atoms with Crippen molar-refractivity contribution in [3.8, 4) is 11.5 Å². The van der Waals surface area contributed by atoms with Crippen LogP contribution in [0.5, 0.6) is 11.5 Å². The molecular weight excluding hydrogens is 270 g/mol. The van der Waals surface area contributed by atoms with Gasteiger partial charge in [0.25, 0.3) is 0 Å². The molecule has 114 valence electrons. The number of ether oxygens (including phenoxy) is 2. The van der Waals surface area contributed by atoms with Gasteiger partial charge in [-0.2, -0.15) is 0 Å². The van der Waals surface area contributed by atoms with Gasteiger partial charge in [-0.3, -0.25) is 9.59 Å². The Balaban J connectivity index is 1.79. The highest BCUT2D eigenvalue weighted by molar-refractivity contribution is 5.83. The summed E-state index contributed by atoms with van der Waals surface area (Å²) in [6.07, 6.45) is 1.26. The summed E-state index contributed by atoms with van der Waals surface area (Å²) < 4.78 is 11.1. The van der Waals surface area contributed by atoms with Crippen molar-refractivity contribution >= 4 is 11.7 Å².